The van der Waals surface area contributed by atoms with E-state index >= 15 is 0 Å². The van der Waals surface area contributed by atoms with E-state index in [1.54, 1.807) is 13.8 Å². The zero-order chi connectivity index (χ0) is 10.3. The lowest BCUT2D eigenvalue weighted by Crippen LogP contribution is -2.24. The summed E-state index contributed by atoms with van der Waals surface area (Å²) in [5.74, 6) is -0.769. The summed E-state index contributed by atoms with van der Waals surface area (Å²) in [7, 11) is 0. The summed E-state index contributed by atoms with van der Waals surface area (Å²) < 4.78 is 4.83. The molecular formula is C10H18O3. The molecule has 3 nitrogen and oxygen atoms in total. The maximum absolute atomic E-state index is 11.2. The molecule has 2 atom stereocenters. The second kappa shape index (κ2) is 6.63. The van der Waals surface area contributed by atoms with Crippen LogP contribution in [0, 0.1) is 11.8 Å². The van der Waals surface area contributed by atoms with Crippen molar-refractivity contribution in [1.29, 1.82) is 0 Å². The van der Waals surface area contributed by atoms with Gasteiger partial charge in [0.15, 0.2) is 0 Å². The van der Waals surface area contributed by atoms with Crippen LogP contribution in [-0.4, -0.2) is 18.9 Å². The van der Waals surface area contributed by atoms with Crippen molar-refractivity contribution in [3.63, 3.8) is 0 Å². The van der Waals surface area contributed by atoms with E-state index < -0.39 is 0 Å². The van der Waals surface area contributed by atoms with Crippen LogP contribution in [0.15, 0.2) is 0 Å². The number of aldehydes is 1. The molecule has 0 heterocycles. The maximum Gasteiger partial charge on any atom is 0.309 e. The Morgan fingerprint density at radius 1 is 1.46 bits per heavy atom. The zero-order valence-corrected chi connectivity index (χ0v) is 8.58. The molecule has 0 aromatic carbocycles. The Hall–Kier alpha value is -0.860. The Labute approximate surface area is 79.5 Å². The Bertz CT molecular complexity index is 166. The monoisotopic (exact) mass is 186 g/mol. The van der Waals surface area contributed by atoms with Crippen LogP contribution < -0.4 is 0 Å². The van der Waals surface area contributed by atoms with Gasteiger partial charge in [-0.05, 0) is 13.3 Å². The van der Waals surface area contributed by atoms with Gasteiger partial charge in [-0.15, -0.1) is 0 Å². The molecule has 76 valence electrons. The quantitative estimate of drug-likeness (QED) is 0.469. The molecule has 0 unspecified atom stereocenters. The predicted octanol–water partition coefficient (Wildman–Crippen LogP) is 1.80. The molecule has 13 heavy (non-hydrogen) atoms. The number of carbonyl (C=O) groups is 2. The largest absolute Gasteiger partial charge is 0.466 e. The van der Waals surface area contributed by atoms with Crippen LogP contribution in [0.5, 0.6) is 0 Å². The van der Waals surface area contributed by atoms with Crippen molar-refractivity contribution < 1.29 is 14.3 Å². The third kappa shape index (κ3) is 4.06. The van der Waals surface area contributed by atoms with E-state index in [0.29, 0.717) is 6.61 Å². The Balaban J connectivity index is 4.09. The molecule has 3 heteroatoms. The lowest BCUT2D eigenvalue weighted by molar-refractivity contribution is -0.150. The van der Waals surface area contributed by atoms with Crippen molar-refractivity contribution in [2.24, 2.45) is 11.8 Å². The molecule has 0 saturated carbocycles. The van der Waals surface area contributed by atoms with E-state index in [-0.39, 0.29) is 17.8 Å². The summed E-state index contributed by atoms with van der Waals surface area (Å²) >= 11 is 0. The van der Waals surface area contributed by atoms with Gasteiger partial charge in [0.25, 0.3) is 0 Å². The van der Waals surface area contributed by atoms with Gasteiger partial charge < -0.3 is 9.53 Å². The van der Waals surface area contributed by atoms with Crippen LogP contribution >= 0.6 is 0 Å². The second-order valence-corrected chi connectivity index (χ2v) is 3.13. The summed E-state index contributed by atoms with van der Waals surface area (Å²) in [5, 5.41) is 0. The van der Waals surface area contributed by atoms with Gasteiger partial charge >= 0.3 is 5.97 Å². The highest BCUT2D eigenvalue weighted by atomic mass is 16.5. The Kier molecular flexibility index (Phi) is 6.20. The fraction of sp³-hybridized carbons (Fsp3) is 0.800. The van der Waals surface area contributed by atoms with Gasteiger partial charge in [-0.3, -0.25) is 4.79 Å². The third-order valence-corrected chi connectivity index (χ3v) is 2.10. The lowest BCUT2D eigenvalue weighted by atomic mass is 9.91. The molecule has 0 bridgehead atoms. The minimum absolute atomic E-state index is 0.191. The molecule has 0 aliphatic carbocycles. The van der Waals surface area contributed by atoms with Crippen molar-refractivity contribution in [3.05, 3.63) is 0 Å². The number of hydrogen-bond donors (Lipinski definition) is 0. The normalized spacial score (nSPS) is 14.7. The summed E-state index contributed by atoms with van der Waals surface area (Å²) in [6.45, 7) is 5.88. The van der Waals surface area contributed by atoms with Crippen LogP contribution in [0.2, 0.25) is 0 Å². The first-order valence-corrected chi connectivity index (χ1v) is 4.79. The molecular weight excluding hydrogens is 168 g/mol. The van der Waals surface area contributed by atoms with Gasteiger partial charge in [0.1, 0.15) is 6.29 Å². The second-order valence-electron chi connectivity index (χ2n) is 3.13. The third-order valence-electron chi connectivity index (χ3n) is 2.10. The van der Waals surface area contributed by atoms with E-state index in [1.165, 1.54) is 0 Å². The van der Waals surface area contributed by atoms with Gasteiger partial charge in [0, 0.05) is 5.92 Å². The fourth-order valence-corrected chi connectivity index (χ4v) is 1.22. The smallest absolute Gasteiger partial charge is 0.309 e. The first kappa shape index (κ1) is 12.1. The molecule has 0 radical (unpaired) electrons. The van der Waals surface area contributed by atoms with E-state index in [4.69, 9.17) is 4.74 Å². The van der Waals surface area contributed by atoms with Crippen LogP contribution in [0.4, 0.5) is 0 Å². The van der Waals surface area contributed by atoms with Crippen LogP contribution in [0.25, 0.3) is 0 Å². The Morgan fingerprint density at radius 2 is 2.08 bits per heavy atom. The molecule has 0 saturated heterocycles. The number of hydrogen-bond acceptors (Lipinski definition) is 3. The SMILES string of the molecule is CCC[C@H](C=O)[C@H](C)C(=O)OCC. The van der Waals surface area contributed by atoms with Gasteiger partial charge in [-0.25, -0.2) is 0 Å². The van der Waals surface area contributed by atoms with E-state index in [2.05, 4.69) is 0 Å². The molecule has 0 aromatic heterocycles. The zero-order valence-electron chi connectivity index (χ0n) is 8.58. The van der Waals surface area contributed by atoms with E-state index in [9.17, 15) is 9.59 Å². The highest BCUT2D eigenvalue weighted by Crippen LogP contribution is 2.16. The Morgan fingerprint density at radius 3 is 2.46 bits per heavy atom. The van der Waals surface area contributed by atoms with Crippen LogP contribution in [-0.2, 0) is 14.3 Å². The average Bonchev–Trinajstić information content (AvgIpc) is 2.13. The number of carbonyl (C=O) groups excluding carboxylic acids is 2. The van der Waals surface area contributed by atoms with Gasteiger partial charge in [-0.2, -0.15) is 0 Å². The molecule has 0 rings (SSSR count). The molecule has 0 fully saturated rings. The van der Waals surface area contributed by atoms with Crippen molar-refractivity contribution in [1.82, 2.24) is 0 Å². The molecule has 0 amide bonds. The number of rotatable bonds is 6. The average molecular weight is 186 g/mol. The van der Waals surface area contributed by atoms with E-state index in [0.717, 1.165) is 19.1 Å². The minimum Gasteiger partial charge on any atom is -0.466 e. The minimum atomic E-state index is -0.308. The highest BCUT2D eigenvalue weighted by Gasteiger charge is 2.23. The van der Waals surface area contributed by atoms with Crippen molar-refractivity contribution >= 4 is 12.3 Å². The maximum atomic E-state index is 11.2. The van der Waals surface area contributed by atoms with Crippen molar-refractivity contribution in [3.8, 4) is 0 Å². The van der Waals surface area contributed by atoms with Gasteiger partial charge in [0.05, 0.1) is 12.5 Å². The van der Waals surface area contributed by atoms with E-state index in [1.807, 2.05) is 6.92 Å². The standard InChI is InChI=1S/C10H18O3/c1-4-6-9(7-11)8(3)10(12)13-5-2/h7-9H,4-6H2,1-3H3/t8-,9+/m0/s1. The first-order valence-electron chi connectivity index (χ1n) is 4.79. The summed E-state index contributed by atoms with van der Waals surface area (Å²) in [5.41, 5.74) is 0. The topological polar surface area (TPSA) is 43.4 Å². The van der Waals surface area contributed by atoms with Crippen molar-refractivity contribution in [2.45, 2.75) is 33.6 Å². The van der Waals surface area contributed by atoms with Crippen LogP contribution in [0.1, 0.15) is 33.6 Å². The summed E-state index contributed by atoms with van der Waals surface area (Å²) in [4.78, 5) is 21.9. The molecule has 0 aromatic rings. The summed E-state index contributed by atoms with van der Waals surface area (Å²) in [6, 6.07) is 0. The summed E-state index contributed by atoms with van der Waals surface area (Å²) in [6.07, 6.45) is 2.52. The number of esters is 1. The molecule has 0 N–H and O–H groups in total. The molecule has 0 spiro atoms. The highest BCUT2D eigenvalue weighted by molar-refractivity contribution is 5.76. The van der Waals surface area contributed by atoms with Crippen molar-refractivity contribution in [2.75, 3.05) is 6.61 Å². The van der Waals surface area contributed by atoms with Crippen LogP contribution in [0.3, 0.4) is 0 Å². The predicted molar refractivity (Wildman–Crippen MR) is 50.3 cm³/mol. The molecule has 0 aliphatic rings. The van der Waals surface area contributed by atoms with Gasteiger partial charge in [0.2, 0.25) is 0 Å². The lowest BCUT2D eigenvalue weighted by Gasteiger charge is -2.15. The first-order chi connectivity index (χ1) is 6.17. The van der Waals surface area contributed by atoms with Gasteiger partial charge in [-0.1, -0.05) is 20.3 Å². The molecule has 0 aliphatic heterocycles. The number of ether oxygens (including phenoxy) is 1. The fourth-order valence-electron chi connectivity index (χ4n) is 1.22.